The Labute approximate surface area is 127 Å². The number of aliphatic carboxylic acids is 1. The van der Waals surface area contributed by atoms with Gasteiger partial charge in [-0.1, -0.05) is 26.0 Å². The molecule has 0 radical (unpaired) electrons. The van der Waals surface area contributed by atoms with E-state index in [0.29, 0.717) is 5.41 Å². The number of carboxylic acid groups (broad SMARTS) is 1. The summed E-state index contributed by atoms with van der Waals surface area (Å²) in [5, 5.41) is 9.70. The van der Waals surface area contributed by atoms with Crippen molar-refractivity contribution in [2.75, 3.05) is 7.11 Å². The minimum absolute atomic E-state index is 0.291. The molecule has 0 aliphatic heterocycles. The summed E-state index contributed by atoms with van der Waals surface area (Å²) in [6.07, 6.45) is 5.14. The van der Waals surface area contributed by atoms with Crippen LogP contribution in [0.4, 0.5) is 0 Å². The Morgan fingerprint density at radius 2 is 1.71 bits per heavy atom. The molecule has 1 aliphatic carbocycles. The van der Waals surface area contributed by atoms with Gasteiger partial charge in [-0.05, 0) is 61.6 Å². The van der Waals surface area contributed by atoms with Gasteiger partial charge in [0.15, 0.2) is 0 Å². The van der Waals surface area contributed by atoms with Crippen molar-refractivity contribution in [3.05, 3.63) is 29.8 Å². The summed E-state index contributed by atoms with van der Waals surface area (Å²) in [6.45, 7) is 4.48. The first-order valence-electron chi connectivity index (χ1n) is 7.73. The van der Waals surface area contributed by atoms with Gasteiger partial charge in [0.1, 0.15) is 5.75 Å². The highest BCUT2D eigenvalue weighted by atomic mass is 16.5. The predicted octanol–water partition coefficient (Wildman–Crippen LogP) is 4.30. The summed E-state index contributed by atoms with van der Waals surface area (Å²) in [4.78, 5) is 11.8. The largest absolute Gasteiger partial charge is 0.497 e. The molecule has 0 unspecified atom stereocenters. The molecule has 1 saturated carbocycles. The summed E-state index contributed by atoms with van der Waals surface area (Å²) in [6, 6.07) is 7.93. The maximum absolute atomic E-state index is 11.8. The molecule has 0 heterocycles. The van der Waals surface area contributed by atoms with Crippen molar-refractivity contribution in [2.24, 2.45) is 10.8 Å². The van der Waals surface area contributed by atoms with Gasteiger partial charge in [-0.15, -0.1) is 0 Å². The van der Waals surface area contributed by atoms with Crippen LogP contribution in [0.5, 0.6) is 5.75 Å². The first-order valence-corrected chi connectivity index (χ1v) is 7.73. The first kappa shape index (κ1) is 15.9. The van der Waals surface area contributed by atoms with Crippen LogP contribution >= 0.6 is 0 Å². The fourth-order valence-electron chi connectivity index (χ4n) is 3.15. The molecular weight excluding hydrogens is 264 g/mol. The van der Waals surface area contributed by atoms with Crippen LogP contribution in [0.15, 0.2) is 24.3 Å². The molecule has 0 aromatic heterocycles. The van der Waals surface area contributed by atoms with Crippen molar-refractivity contribution in [1.82, 2.24) is 0 Å². The van der Waals surface area contributed by atoms with Gasteiger partial charge in [-0.2, -0.15) is 0 Å². The summed E-state index contributed by atoms with van der Waals surface area (Å²) in [5.41, 5.74) is 0.940. The number of methoxy groups -OCH3 is 1. The smallest absolute Gasteiger partial charge is 0.309 e. The molecule has 0 saturated heterocycles. The number of aryl methyl sites for hydroxylation is 1. The molecule has 0 spiro atoms. The van der Waals surface area contributed by atoms with Crippen molar-refractivity contribution in [3.63, 3.8) is 0 Å². The van der Waals surface area contributed by atoms with Crippen LogP contribution in [0.25, 0.3) is 0 Å². The molecule has 116 valence electrons. The topological polar surface area (TPSA) is 46.5 Å². The van der Waals surface area contributed by atoms with Crippen LogP contribution < -0.4 is 4.74 Å². The van der Waals surface area contributed by atoms with E-state index in [1.807, 2.05) is 24.3 Å². The fraction of sp³-hybridized carbons (Fsp3) is 0.611. The van der Waals surface area contributed by atoms with Crippen molar-refractivity contribution in [2.45, 2.75) is 52.4 Å². The quantitative estimate of drug-likeness (QED) is 0.879. The van der Waals surface area contributed by atoms with Crippen LogP contribution in [-0.2, 0) is 11.2 Å². The van der Waals surface area contributed by atoms with Crippen LogP contribution in [0.2, 0.25) is 0 Å². The van der Waals surface area contributed by atoms with Gasteiger partial charge in [0.25, 0.3) is 0 Å². The second-order valence-electron chi connectivity index (χ2n) is 7.10. The lowest BCUT2D eigenvalue weighted by Gasteiger charge is -2.41. The fourth-order valence-corrected chi connectivity index (χ4v) is 3.15. The number of hydrogen-bond donors (Lipinski definition) is 1. The van der Waals surface area contributed by atoms with Gasteiger partial charge in [-0.25, -0.2) is 0 Å². The Kier molecular flexibility index (Phi) is 4.60. The molecule has 3 nitrogen and oxygen atoms in total. The van der Waals surface area contributed by atoms with Gasteiger partial charge in [0, 0.05) is 0 Å². The van der Waals surface area contributed by atoms with E-state index in [9.17, 15) is 9.90 Å². The summed E-state index contributed by atoms with van der Waals surface area (Å²) in [7, 11) is 1.65. The van der Waals surface area contributed by atoms with E-state index in [1.165, 1.54) is 5.56 Å². The van der Waals surface area contributed by atoms with Crippen molar-refractivity contribution < 1.29 is 14.6 Å². The summed E-state index contributed by atoms with van der Waals surface area (Å²) < 4.78 is 5.15. The third-order valence-electron chi connectivity index (χ3n) is 5.07. The molecule has 2 rings (SSSR count). The van der Waals surface area contributed by atoms with E-state index in [1.54, 1.807) is 7.11 Å². The second-order valence-corrected chi connectivity index (χ2v) is 7.10. The minimum Gasteiger partial charge on any atom is -0.497 e. The first-order chi connectivity index (χ1) is 9.87. The Morgan fingerprint density at radius 1 is 1.14 bits per heavy atom. The van der Waals surface area contributed by atoms with E-state index >= 15 is 0 Å². The molecule has 1 aliphatic rings. The molecule has 1 aromatic carbocycles. The minimum atomic E-state index is -0.619. The molecule has 3 heteroatoms. The SMILES string of the molecule is COc1ccc(CCC2(C(=O)O)CCC(C)(C)CC2)cc1. The van der Waals surface area contributed by atoms with Crippen LogP contribution in [0, 0.1) is 10.8 Å². The van der Waals surface area contributed by atoms with E-state index in [2.05, 4.69) is 13.8 Å². The Balaban J connectivity index is 2.02. The molecule has 21 heavy (non-hydrogen) atoms. The van der Waals surface area contributed by atoms with Gasteiger partial charge in [0.05, 0.1) is 12.5 Å². The number of rotatable bonds is 5. The zero-order valence-corrected chi connectivity index (χ0v) is 13.3. The number of carbonyl (C=O) groups is 1. The highest BCUT2D eigenvalue weighted by Crippen LogP contribution is 2.47. The summed E-state index contributed by atoms with van der Waals surface area (Å²) in [5.74, 6) is 0.220. The number of benzene rings is 1. The normalized spacial score (nSPS) is 20.0. The maximum atomic E-state index is 11.8. The lowest BCUT2D eigenvalue weighted by atomic mass is 9.63. The van der Waals surface area contributed by atoms with E-state index < -0.39 is 11.4 Å². The maximum Gasteiger partial charge on any atom is 0.309 e. The third kappa shape index (κ3) is 3.78. The molecule has 0 atom stereocenters. The van der Waals surface area contributed by atoms with Crippen molar-refractivity contribution in [3.8, 4) is 5.75 Å². The van der Waals surface area contributed by atoms with Crippen LogP contribution in [-0.4, -0.2) is 18.2 Å². The standard InChI is InChI=1S/C18H26O3/c1-17(2)10-12-18(13-11-17,16(19)20)9-8-14-4-6-15(21-3)7-5-14/h4-7H,8-13H2,1-3H3,(H,19,20). The van der Waals surface area contributed by atoms with Crippen LogP contribution in [0.1, 0.15) is 51.5 Å². The molecular formula is C18H26O3. The lowest BCUT2D eigenvalue weighted by molar-refractivity contribution is -0.153. The van der Waals surface area contributed by atoms with Crippen LogP contribution in [0.3, 0.4) is 0 Å². The average Bonchev–Trinajstić information content (AvgIpc) is 2.47. The zero-order chi connectivity index (χ0) is 15.5. The van der Waals surface area contributed by atoms with Gasteiger partial charge >= 0.3 is 5.97 Å². The van der Waals surface area contributed by atoms with Crippen molar-refractivity contribution >= 4 is 5.97 Å². The average molecular weight is 290 g/mol. The molecule has 1 aromatic rings. The lowest BCUT2D eigenvalue weighted by Crippen LogP contribution is -2.38. The number of hydrogen-bond acceptors (Lipinski definition) is 2. The molecule has 0 bridgehead atoms. The van der Waals surface area contributed by atoms with E-state index in [4.69, 9.17) is 4.74 Å². The number of carboxylic acids is 1. The Hall–Kier alpha value is -1.51. The van der Waals surface area contributed by atoms with Gasteiger partial charge in [-0.3, -0.25) is 4.79 Å². The number of ether oxygens (including phenoxy) is 1. The van der Waals surface area contributed by atoms with Gasteiger partial charge < -0.3 is 9.84 Å². The Morgan fingerprint density at radius 3 is 2.19 bits per heavy atom. The summed E-state index contributed by atoms with van der Waals surface area (Å²) >= 11 is 0. The van der Waals surface area contributed by atoms with Gasteiger partial charge in [0.2, 0.25) is 0 Å². The predicted molar refractivity (Wildman–Crippen MR) is 83.6 cm³/mol. The molecule has 0 amide bonds. The molecule has 1 fully saturated rings. The molecule has 1 N–H and O–H groups in total. The third-order valence-corrected chi connectivity index (χ3v) is 5.07. The monoisotopic (exact) mass is 290 g/mol. The Bertz CT molecular complexity index is 478. The zero-order valence-electron chi connectivity index (χ0n) is 13.3. The van der Waals surface area contributed by atoms with E-state index in [0.717, 1.165) is 44.3 Å². The van der Waals surface area contributed by atoms with Crippen molar-refractivity contribution in [1.29, 1.82) is 0 Å². The highest BCUT2D eigenvalue weighted by molar-refractivity contribution is 5.74. The second kappa shape index (κ2) is 6.08. The highest BCUT2D eigenvalue weighted by Gasteiger charge is 2.43. The van der Waals surface area contributed by atoms with E-state index in [-0.39, 0.29) is 0 Å².